The van der Waals surface area contributed by atoms with Crippen molar-refractivity contribution in [3.63, 3.8) is 0 Å². The number of benzene rings is 2. The Morgan fingerprint density at radius 3 is 1.40 bits per heavy atom. The molecule has 2 fully saturated rings. The molecule has 2 aliphatic carbocycles. The van der Waals surface area contributed by atoms with Gasteiger partial charge in [0.15, 0.2) is 0 Å². The maximum Gasteiger partial charge on any atom is 0.317 e. The SMILES string of the molecule is C.NNC(=O)c1cnc(NC2(c3ccc(F)cc3F)CC2)nc1.O=C(NNC(=O)C(F)F)c1cnc(NC2(c3ccc(F)cc3F)CC2)nc1. The number of halogens is 6. The Labute approximate surface area is 280 Å². The van der Waals surface area contributed by atoms with E-state index in [-0.39, 0.29) is 36.0 Å². The summed E-state index contributed by atoms with van der Waals surface area (Å²) in [7, 11) is 0. The minimum Gasteiger partial charge on any atom is -0.345 e. The first kappa shape index (κ1) is 37.0. The first-order valence-electron chi connectivity index (χ1n) is 14.4. The van der Waals surface area contributed by atoms with E-state index in [0.29, 0.717) is 31.2 Å². The van der Waals surface area contributed by atoms with Crippen LogP contribution < -0.4 is 32.8 Å². The van der Waals surface area contributed by atoms with Gasteiger partial charge in [0.25, 0.3) is 11.8 Å². The van der Waals surface area contributed by atoms with Gasteiger partial charge in [0, 0.05) is 48.0 Å². The molecule has 50 heavy (non-hydrogen) atoms. The Morgan fingerprint density at radius 1 is 0.660 bits per heavy atom. The molecule has 0 saturated heterocycles. The van der Waals surface area contributed by atoms with Gasteiger partial charge in [-0.3, -0.25) is 30.7 Å². The Bertz CT molecular complexity index is 1860. The number of anilines is 2. The number of carbonyl (C=O) groups is 3. The molecule has 3 amide bonds. The molecule has 6 rings (SSSR count). The van der Waals surface area contributed by atoms with Crippen LogP contribution in [0.1, 0.15) is 65.0 Å². The lowest BCUT2D eigenvalue weighted by Crippen LogP contribution is -2.44. The molecule has 2 saturated carbocycles. The zero-order valence-corrected chi connectivity index (χ0v) is 25.0. The Kier molecular flexibility index (Phi) is 11.2. The van der Waals surface area contributed by atoms with E-state index >= 15 is 0 Å². The molecule has 13 nitrogen and oxygen atoms in total. The van der Waals surface area contributed by atoms with Crippen molar-refractivity contribution in [1.82, 2.24) is 36.2 Å². The van der Waals surface area contributed by atoms with Crippen LogP contribution in [0.4, 0.5) is 38.2 Å². The van der Waals surface area contributed by atoms with E-state index < -0.39 is 58.5 Å². The summed E-state index contributed by atoms with van der Waals surface area (Å²) in [5.41, 5.74) is 4.71. The van der Waals surface area contributed by atoms with Gasteiger partial charge in [0.2, 0.25) is 11.9 Å². The van der Waals surface area contributed by atoms with Crippen LogP contribution in [0.2, 0.25) is 0 Å². The van der Waals surface area contributed by atoms with Crippen molar-refractivity contribution < 1.29 is 40.7 Å². The highest BCUT2D eigenvalue weighted by Crippen LogP contribution is 2.49. The van der Waals surface area contributed by atoms with Crippen molar-refractivity contribution in [2.24, 2.45) is 5.84 Å². The molecule has 264 valence electrons. The average Bonchev–Trinajstić information content (AvgIpc) is 4.02. The molecule has 4 aromatic rings. The minimum absolute atomic E-state index is 0. The third-order valence-corrected chi connectivity index (χ3v) is 7.55. The predicted octanol–water partition coefficient (Wildman–Crippen LogP) is 3.98. The van der Waals surface area contributed by atoms with Crippen molar-refractivity contribution in [3.8, 4) is 0 Å². The molecule has 2 heterocycles. The number of hydrogen-bond acceptors (Lipinski definition) is 10. The number of aromatic nitrogens is 4. The number of amides is 3. The van der Waals surface area contributed by atoms with E-state index in [9.17, 15) is 40.7 Å². The van der Waals surface area contributed by atoms with Crippen LogP contribution in [0.3, 0.4) is 0 Å². The highest BCUT2D eigenvalue weighted by molar-refractivity contribution is 5.95. The molecule has 2 aliphatic rings. The molecule has 0 aliphatic heterocycles. The number of nitrogens with zero attached hydrogens (tertiary/aromatic N) is 4. The lowest BCUT2D eigenvalue weighted by atomic mass is 10.0. The molecule has 7 N–H and O–H groups in total. The van der Waals surface area contributed by atoms with Crippen LogP contribution in [-0.4, -0.2) is 44.1 Å². The van der Waals surface area contributed by atoms with Gasteiger partial charge in [-0.25, -0.2) is 43.3 Å². The standard InChI is InChI=1S/C16H13F4N5O2.C14H13F2N5O.CH4/c17-9-1-2-10(11(18)5-9)16(3-4-16)23-15-21-6-8(7-22-15)13(26)24-25-14(27)12(19)20;15-9-1-2-10(11(16)5-9)14(3-4-14)20-13-18-6-8(7-19-13)12(22)21-17;/h1-2,5-7,12H,3-4H2,(H,24,26)(H,25,27)(H,21,22,23);1-2,5-7H,3-4,17H2,(H,21,22)(H,18,19,20);1H4. The molecule has 19 heteroatoms. The number of nitrogens with one attached hydrogen (secondary N) is 5. The Balaban J connectivity index is 0.000000225. The predicted molar refractivity (Wildman–Crippen MR) is 166 cm³/mol. The van der Waals surface area contributed by atoms with E-state index in [2.05, 4.69) is 30.6 Å². The normalized spacial score (nSPS) is 14.6. The lowest BCUT2D eigenvalue weighted by molar-refractivity contribution is -0.132. The van der Waals surface area contributed by atoms with Gasteiger partial charge in [-0.05, 0) is 37.8 Å². The number of nitrogens with two attached hydrogens (primary N) is 1. The first-order valence-corrected chi connectivity index (χ1v) is 14.4. The van der Waals surface area contributed by atoms with E-state index in [1.807, 2.05) is 5.43 Å². The smallest absolute Gasteiger partial charge is 0.317 e. The summed E-state index contributed by atoms with van der Waals surface area (Å²) in [6, 6.07) is 6.78. The third-order valence-electron chi connectivity index (χ3n) is 7.55. The number of rotatable bonds is 9. The van der Waals surface area contributed by atoms with Gasteiger partial charge in [-0.1, -0.05) is 19.6 Å². The Hall–Kier alpha value is -5.85. The van der Waals surface area contributed by atoms with E-state index in [1.165, 1.54) is 30.6 Å². The number of alkyl halides is 2. The van der Waals surface area contributed by atoms with Crippen molar-refractivity contribution >= 4 is 29.6 Å². The second-order valence-electron chi connectivity index (χ2n) is 11.0. The van der Waals surface area contributed by atoms with Crippen LogP contribution in [0.15, 0.2) is 61.2 Å². The van der Waals surface area contributed by atoms with Gasteiger partial charge in [-0.15, -0.1) is 0 Å². The molecule has 0 bridgehead atoms. The van der Waals surface area contributed by atoms with Crippen LogP contribution in [0.25, 0.3) is 0 Å². The summed E-state index contributed by atoms with van der Waals surface area (Å²) in [5, 5.41) is 5.99. The number of hydrazine groups is 2. The van der Waals surface area contributed by atoms with Crippen LogP contribution in [-0.2, 0) is 15.9 Å². The summed E-state index contributed by atoms with van der Waals surface area (Å²) in [5.74, 6) is -0.267. The van der Waals surface area contributed by atoms with Gasteiger partial charge < -0.3 is 10.6 Å². The first-order chi connectivity index (χ1) is 23.3. The van der Waals surface area contributed by atoms with E-state index in [4.69, 9.17) is 5.84 Å². The number of hydrogen-bond donors (Lipinski definition) is 6. The quantitative estimate of drug-likeness (QED) is 0.0644. The zero-order chi connectivity index (χ0) is 35.3. The van der Waals surface area contributed by atoms with Crippen molar-refractivity contribution in [2.45, 2.75) is 50.6 Å². The summed E-state index contributed by atoms with van der Waals surface area (Å²) in [4.78, 5) is 49.6. The highest BCUT2D eigenvalue weighted by Gasteiger charge is 2.47. The van der Waals surface area contributed by atoms with E-state index in [0.717, 1.165) is 30.6 Å². The Morgan fingerprint density at radius 2 is 1.06 bits per heavy atom. The molecule has 0 radical (unpaired) electrons. The zero-order valence-electron chi connectivity index (χ0n) is 25.0. The monoisotopic (exact) mass is 704 g/mol. The minimum atomic E-state index is -3.27. The largest absolute Gasteiger partial charge is 0.345 e. The molecule has 0 unspecified atom stereocenters. The van der Waals surface area contributed by atoms with Crippen LogP contribution >= 0.6 is 0 Å². The van der Waals surface area contributed by atoms with Gasteiger partial charge in [0.1, 0.15) is 23.3 Å². The summed E-state index contributed by atoms with van der Waals surface area (Å²) < 4.78 is 78.1. The fraction of sp³-hybridized carbons (Fsp3) is 0.258. The highest BCUT2D eigenvalue weighted by atomic mass is 19.3. The van der Waals surface area contributed by atoms with Gasteiger partial charge >= 0.3 is 12.3 Å². The fourth-order valence-corrected chi connectivity index (χ4v) is 4.70. The lowest BCUT2D eigenvalue weighted by Gasteiger charge is -2.18. The van der Waals surface area contributed by atoms with Crippen LogP contribution in [0, 0.1) is 23.3 Å². The van der Waals surface area contributed by atoms with Gasteiger partial charge in [0.05, 0.1) is 22.2 Å². The number of carbonyl (C=O) groups excluding carboxylic acids is 3. The molecular weight excluding hydrogens is 674 g/mol. The second-order valence-corrected chi connectivity index (χ2v) is 11.0. The van der Waals surface area contributed by atoms with Crippen molar-refractivity contribution in [2.75, 3.05) is 10.6 Å². The molecule has 2 aromatic heterocycles. The third kappa shape index (κ3) is 8.59. The maximum absolute atomic E-state index is 14.0. The summed E-state index contributed by atoms with van der Waals surface area (Å²) in [6.45, 7) is 0. The summed E-state index contributed by atoms with van der Waals surface area (Å²) >= 11 is 0. The second kappa shape index (κ2) is 15.1. The molecular formula is C31H30F6N10O3. The fourth-order valence-electron chi connectivity index (χ4n) is 4.70. The topological polar surface area (TPSA) is 189 Å². The summed E-state index contributed by atoms with van der Waals surface area (Å²) in [6.07, 6.45) is 4.11. The molecule has 0 spiro atoms. The number of nitrogen functional groups attached to an aromatic ring is 1. The molecule has 2 aromatic carbocycles. The van der Waals surface area contributed by atoms with E-state index in [1.54, 1.807) is 10.9 Å². The van der Waals surface area contributed by atoms with Crippen molar-refractivity contribution in [1.29, 1.82) is 0 Å². The average molecular weight is 705 g/mol. The van der Waals surface area contributed by atoms with Crippen LogP contribution in [0.5, 0.6) is 0 Å². The maximum atomic E-state index is 14.0. The molecule has 0 atom stereocenters. The van der Waals surface area contributed by atoms with Gasteiger partial charge in [-0.2, -0.15) is 8.78 Å². The van der Waals surface area contributed by atoms with Crippen molar-refractivity contribution in [3.05, 3.63) is 107 Å².